The molecule has 1 aromatic carbocycles. The minimum atomic E-state index is 0.871. The predicted octanol–water partition coefficient (Wildman–Crippen LogP) is 3.07. The van der Waals surface area contributed by atoms with Gasteiger partial charge >= 0.3 is 0 Å². The van der Waals surface area contributed by atoms with Crippen molar-refractivity contribution in [2.75, 3.05) is 7.11 Å². The molecule has 0 N–H and O–H groups in total. The quantitative estimate of drug-likeness (QED) is 0.741. The van der Waals surface area contributed by atoms with Crippen molar-refractivity contribution in [2.45, 2.75) is 6.92 Å². The minimum absolute atomic E-state index is 0.871. The second-order valence-electron chi connectivity index (χ2n) is 3.42. The van der Waals surface area contributed by atoms with E-state index in [2.05, 4.69) is 18.0 Å². The Bertz CT molecular complexity index is 466. The predicted molar refractivity (Wildman–Crippen MR) is 61.0 cm³/mol. The molecular weight excluding hydrogens is 186 g/mol. The van der Waals surface area contributed by atoms with Crippen LogP contribution in [0.25, 0.3) is 11.1 Å². The molecule has 0 atom stereocenters. The van der Waals surface area contributed by atoms with Crippen LogP contribution in [0.1, 0.15) is 5.56 Å². The van der Waals surface area contributed by atoms with Gasteiger partial charge in [-0.15, -0.1) is 0 Å². The molecule has 0 fully saturated rings. The van der Waals surface area contributed by atoms with Crippen molar-refractivity contribution in [3.05, 3.63) is 48.3 Å². The van der Waals surface area contributed by atoms with Gasteiger partial charge < -0.3 is 4.74 Å². The van der Waals surface area contributed by atoms with Gasteiger partial charge in [0.15, 0.2) is 0 Å². The Morgan fingerprint density at radius 2 is 2.07 bits per heavy atom. The zero-order valence-electron chi connectivity index (χ0n) is 8.90. The Morgan fingerprint density at radius 3 is 2.80 bits per heavy atom. The average Bonchev–Trinajstić information content (AvgIpc) is 2.30. The highest BCUT2D eigenvalue weighted by molar-refractivity contribution is 5.67. The molecule has 0 saturated heterocycles. The SMILES string of the molecule is COc1cccc(-c2cnccc2C)c1. The lowest BCUT2D eigenvalue weighted by Gasteiger charge is -2.06. The second kappa shape index (κ2) is 4.13. The fourth-order valence-electron chi connectivity index (χ4n) is 1.56. The molecule has 2 aromatic rings. The summed E-state index contributed by atoms with van der Waals surface area (Å²) in [6.45, 7) is 2.08. The molecule has 0 aliphatic heterocycles. The van der Waals surface area contributed by atoms with E-state index in [0.29, 0.717) is 0 Å². The largest absolute Gasteiger partial charge is 0.497 e. The fourth-order valence-corrected chi connectivity index (χ4v) is 1.56. The van der Waals surface area contributed by atoms with E-state index in [4.69, 9.17) is 4.74 Å². The van der Waals surface area contributed by atoms with E-state index in [0.717, 1.165) is 16.9 Å². The van der Waals surface area contributed by atoms with Gasteiger partial charge in [0.1, 0.15) is 5.75 Å². The molecule has 2 nitrogen and oxygen atoms in total. The summed E-state index contributed by atoms with van der Waals surface area (Å²) >= 11 is 0. The highest BCUT2D eigenvalue weighted by atomic mass is 16.5. The summed E-state index contributed by atoms with van der Waals surface area (Å²) in [7, 11) is 1.68. The van der Waals surface area contributed by atoms with Crippen LogP contribution < -0.4 is 4.74 Å². The lowest BCUT2D eigenvalue weighted by Crippen LogP contribution is -1.86. The third-order valence-electron chi connectivity index (χ3n) is 2.42. The van der Waals surface area contributed by atoms with Gasteiger partial charge in [-0.1, -0.05) is 12.1 Å². The topological polar surface area (TPSA) is 22.1 Å². The van der Waals surface area contributed by atoms with Crippen molar-refractivity contribution in [3.8, 4) is 16.9 Å². The molecule has 0 saturated carbocycles. The Balaban J connectivity index is 2.49. The number of hydrogen-bond acceptors (Lipinski definition) is 2. The Hall–Kier alpha value is -1.83. The molecule has 0 radical (unpaired) electrons. The number of aromatic nitrogens is 1. The summed E-state index contributed by atoms with van der Waals surface area (Å²) in [5.74, 6) is 0.871. The first-order valence-electron chi connectivity index (χ1n) is 4.86. The van der Waals surface area contributed by atoms with Crippen LogP contribution >= 0.6 is 0 Å². The average molecular weight is 199 g/mol. The summed E-state index contributed by atoms with van der Waals surface area (Å²) in [5, 5.41) is 0. The first-order valence-corrected chi connectivity index (χ1v) is 4.86. The van der Waals surface area contributed by atoms with Crippen molar-refractivity contribution in [3.63, 3.8) is 0 Å². The molecule has 0 aliphatic carbocycles. The number of hydrogen-bond donors (Lipinski definition) is 0. The van der Waals surface area contributed by atoms with Crippen molar-refractivity contribution < 1.29 is 4.74 Å². The maximum absolute atomic E-state index is 5.20. The number of nitrogens with zero attached hydrogens (tertiary/aromatic N) is 1. The number of pyridine rings is 1. The molecular formula is C13H13NO. The minimum Gasteiger partial charge on any atom is -0.497 e. The first-order chi connectivity index (χ1) is 7.31. The van der Waals surface area contributed by atoms with Gasteiger partial charge in [0.05, 0.1) is 7.11 Å². The van der Waals surface area contributed by atoms with Gasteiger partial charge in [-0.2, -0.15) is 0 Å². The lowest BCUT2D eigenvalue weighted by molar-refractivity contribution is 0.415. The second-order valence-corrected chi connectivity index (χ2v) is 3.42. The normalized spacial score (nSPS) is 10.0. The number of aryl methyl sites for hydroxylation is 1. The van der Waals surface area contributed by atoms with E-state index < -0.39 is 0 Å². The first kappa shape index (κ1) is 9.71. The molecule has 0 bridgehead atoms. The highest BCUT2D eigenvalue weighted by Gasteiger charge is 2.02. The van der Waals surface area contributed by atoms with Crippen LogP contribution in [0.4, 0.5) is 0 Å². The van der Waals surface area contributed by atoms with E-state index in [1.807, 2.05) is 30.5 Å². The standard InChI is InChI=1S/C13H13NO/c1-10-6-7-14-9-13(10)11-4-3-5-12(8-11)15-2/h3-9H,1-2H3. The van der Waals surface area contributed by atoms with E-state index >= 15 is 0 Å². The number of methoxy groups -OCH3 is 1. The molecule has 15 heavy (non-hydrogen) atoms. The van der Waals surface area contributed by atoms with Crippen LogP contribution in [0.3, 0.4) is 0 Å². The number of ether oxygens (including phenoxy) is 1. The molecule has 0 unspecified atom stereocenters. The monoisotopic (exact) mass is 199 g/mol. The van der Waals surface area contributed by atoms with Crippen LogP contribution in [0.15, 0.2) is 42.7 Å². The van der Waals surface area contributed by atoms with Crippen LogP contribution in [0.2, 0.25) is 0 Å². The smallest absolute Gasteiger partial charge is 0.119 e. The highest BCUT2D eigenvalue weighted by Crippen LogP contribution is 2.25. The molecule has 0 amide bonds. The Morgan fingerprint density at radius 1 is 1.20 bits per heavy atom. The van der Waals surface area contributed by atoms with Gasteiger partial charge in [-0.3, -0.25) is 4.98 Å². The lowest BCUT2D eigenvalue weighted by atomic mass is 10.0. The molecule has 2 rings (SSSR count). The van der Waals surface area contributed by atoms with Gasteiger partial charge in [-0.05, 0) is 36.2 Å². The van der Waals surface area contributed by atoms with Gasteiger partial charge in [0, 0.05) is 18.0 Å². The van der Waals surface area contributed by atoms with Crippen molar-refractivity contribution in [1.29, 1.82) is 0 Å². The molecule has 0 aliphatic rings. The Kier molecular flexibility index (Phi) is 2.68. The zero-order chi connectivity index (χ0) is 10.7. The molecule has 76 valence electrons. The van der Waals surface area contributed by atoms with Gasteiger partial charge in [0.25, 0.3) is 0 Å². The van der Waals surface area contributed by atoms with Gasteiger partial charge in [0.2, 0.25) is 0 Å². The molecule has 1 heterocycles. The summed E-state index contributed by atoms with van der Waals surface area (Å²) in [6.07, 6.45) is 3.68. The van der Waals surface area contributed by atoms with E-state index in [9.17, 15) is 0 Å². The van der Waals surface area contributed by atoms with Crippen LogP contribution in [0.5, 0.6) is 5.75 Å². The fraction of sp³-hybridized carbons (Fsp3) is 0.154. The maximum atomic E-state index is 5.20. The van der Waals surface area contributed by atoms with Gasteiger partial charge in [-0.25, -0.2) is 0 Å². The van der Waals surface area contributed by atoms with Crippen molar-refractivity contribution >= 4 is 0 Å². The number of benzene rings is 1. The van der Waals surface area contributed by atoms with Crippen molar-refractivity contribution in [2.24, 2.45) is 0 Å². The summed E-state index contributed by atoms with van der Waals surface area (Å²) in [4.78, 5) is 4.14. The van der Waals surface area contributed by atoms with Crippen LogP contribution in [-0.2, 0) is 0 Å². The summed E-state index contributed by atoms with van der Waals surface area (Å²) < 4.78 is 5.20. The molecule has 2 heteroatoms. The Labute approximate surface area is 89.6 Å². The van der Waals surface area contributed by atoms with E-state index in [-0.39, 0.29) is 0 Å². The summed E-state index contributed by atoms with van der Waals surface area (Å²) in [5.41, 5.74) is 3.51. The maximum Gasteiger partial charge on any atom is 0.119 e. The molecule has 1 aromatic heterocycles. The molecule has 0 spiro atoms. The zero-order valence-corrected chi connectivity index (χ0v) is 8.90. The number of rotatable bonds is 2. The van der Waals surface area contributed by atoms with Crippen LogP contribution in [-0.4, -0.2) is 12.1 Å². The third kappa shape index (κ3) is 1.99. The van der Waals surface area contributed by atoms with Crippen LogP contribution in [0, 0.1) is 6.92 Å². The third-order valence-corrected chi connectivity index (χ3v) is 2.42. The van der Waals surface area contributed by atoms with E-state index in [1.165, 1.54) is 5.56 Å². The summed E-state index contributed by atoms with van der Waals surface area (Å²) in [6, 6.07) is 10.0. The van der Waals surface area contributed by atoms with Crippen molar-refractivity contribution in [1.82, 2.24) is 4.98 Å². The van der Waals surface area contributed by atoms with E-state index in [1.54, 1.807) is 13.3 Å².